The Morgan fingerprint density at radius 1 is 1.25 bits per heavy atom. The number of carbonyl (C=O) groups is 1. The standard InChI is InChI=1S/C14H21NO4S/c1-6-19-14(16)12(5)15-20(17,18)13-10(3)7-9(2)8-11(13)4/h7-8,12,15H,6H2,1-5H3. The van der Waals surface area contributed by atoms with Gasteiger partial charge < -0.3 is 4.74 Å². The van der Waals surface area contributed by atoms with Gasteiger partial charge in [-0.1, -0.05) is 17.7 Å². The van der Waals surface area contributed by atoms with Gasteiger partial charge in [-0.05, 0) is 45.7 Å². The monoisotopic (exact) mass is 299 g/mol. The molecule has 5 nitrogen and oxygen atoms in total. The summed E-state index contributed by atoms with van der Waals surface area (Å²) >= 11 is 0. The minimum absolute atomic E-state index is 0.216. The molecule has 0 spiro atoms. The van der Waals surface area contributed by atoms with Gasteiger partial charge in [0.1, 0.15) is 6.04 Å². The van der Waals surface area contributed by atoms with Crippen LogP contribution in [0.3, 0.4) is 0 Å². The minimum atomic E-state index is -3.75. The molecule has 112 valence electrons. The fourth-order valence-electron chi connectivity index (χ4n) is 2.20. The molecular weight excluding hydrogens is 278 g/mol. The Balaban J connectivity index is 3.10. The van der Waals surface area contributed by atoms with Gasteiger partial charge in [0, 0.05) is 0 Å². The smallest absolute Gasteiger partial charge is 0.323 e. The van der Waals surface area contributed by atoms with Crippen LogP contribution in [-0.4, -0.2) is 27.0 Å². The topological polar surface area (TPSA) is 72.5 Å². The SMILES string of the molecule is CCOC(=O)C(C)NS(=O)(=O)c1c(C)cc(C)cc1C. The minimum Gasteiger partial charge on any atom is -0.465 e. The van der Waals surface area contributed by atoms with E-state index in [9.17, 15) is 13.2 Å². The molecule has 0 heterocycles. The van der Waals surface area contributed by atoms with Gasteiger partial charge >= 0.3 is 5.97 Å². The quantitative estimate of drug-likeness (QED) is 0.842. The first-order valence-electron chi connectivity index (χ1n) is 6.46. The Morgan fingerprint density at radius 2 is 1.75 bits per heavy atom. The van der Waals surface area contributed by atoms with Crippen LogP contribution in [0.5, 0.6) is 0 Å². The van der Waals surface area contributed by atoms with E-state index in [4.69, 9.17) is 4.74 Å². The molecule has 6 heteroatoms. The normalized spacial score (nSPS) is 13.1. The van der Waals surface area contributed by atoms with Gasteiger partial charge in [0.05, 0.1) is 11.5 Å². The number of esters is 1. The number of hydrogen-bond donors (Lipinski definition) is 1. The van der Waals surface area contributed by atoms with Crippen molar-refractivity contribution in [3.05, 3.63) is 28.8 Å². The van der Waals surface area contributed by atoms with E-state index in [0.29, 0.717) is 11.1 Å². The molecule has 20 heavy (non-hydrogen) atoms. The third-order valence-corrected chi connectivity index (χ3v) is 4.69. The number of aryl methyl sites for hydroxylation is 3. The lowest BCUT2D eigenvalue weighted by Gasteiger charge is -2.16. The van der Waals surface area contributed by atoms with Crippen LogP contribution in [0, 0.1) is 20.8 Å². The maximum atomic E-state index is 12.4. The van der Waals surface area contributed by atoms with E-state index in [1.807, 2.05) is 6.92 Å². The van der Waals surface area contributed by atoms with Crippen molar-refractivity contribution in [2.24, 2.45) is 0 Å². The van der Waals surface area contributed by atoms with Gasteiger partial charge in [-0.3, -0.25) is 4.79 Å². The van der Waals surface area contributed by atoms with Crippen molar-refractivity contribution in [3.63, 3.8) is 0 Å². The lowest BCUT2D eigenvalue weighted by atomic mass is 10.1. The van der Waals surface area contributed by atoms with Gasteiger partial charge in [0.2, 0.25) is 10.0 Å². The van der Waals surface area contributed by atoms with Crippen LogP contribution in [-0.2, 0) is 19.6 Å². The molecule has 1 aromatic carbocycles. The summed E-state index contributed by atoms with van der Waals surface area (Å²) in [7, 11) is -3.75. The van der Waals surface area contributed by atoms with Gasteiger partial charge in [-0.25, -0.2) is 8.42 Å². The Morgan fingerprint density at radius 3 is 2.20 bits per heavy atom. The molecule has 0 aliphatic rings. The summed E-state index contributed by atoms with van der Waals surface area (Å²) in [5.74, 6) is -0.585. The van der Waals surface area contributed by atoms with Crippen LogP contribution in [0.15, 0.2) is 17.0 Å². The first kappa shape index (κ1) is 16.7. The molecule has 0 saturated carbocycles. The van der Waals surface area contributed by atoms with Crippen molar-refractivity contribution in [1.29, 1.82) is 0 Å². The zero-order valence-corrected chi connectivity index (χ0v) is 13.3. The van der Waals surface area contributed by atoms with Crippen LogP contribution in [0.25, 0.3) is 0 Å². The second-order valence-electron chi connectivity index (χ2n) is 4.82. The molecular formula is C14H21NO4S. The van der Waals surface area contributed by atoms with Gasteiger partial charge in [-0.2, -0.15) is 4.72 Å². The summed E-state index contributed by atoms with van der Waals surface area (Å²) in [5, 5.41) is 0. The van der Waals surface area contributed by atoms with Crippen molar-refractivity contribution in [2.75, 3.05) is 6.61 Å². The number of rotatable bonds is 5. The van der Waals surface area contributed by atoms with Crippen LogP contribution in [0.4, 0.5) is 0 Å². The molecule has 0 aliphatic heterocycles. The number of ether oxygens (including phenoxy) is 1. The van der Waals surface area contributed by atoms with E-state index in [2.05, 4.69) is 4.72 Å². The highest BCUT2D eigenvalue weighted by molar-refractivity contribution is 7.89. The molecule has 1 rings (SSSR count). The van der Waals surface area contributed by atoms with Crippen LogP contribution < -0.4 is 4.72 Å². The first-order valence-corrected chi connectivity index (χ1v) is 7.94. The fourth-order valence-corrected chi connectivity index (χ4v) is 3.84. The second kappa shape index (κ2) is 6.37. The number of nitrogens with one attached hydrogen (secondary N) is 1. The highest BCUT2D eigenvalue weighted by atomic mass is 32.2. The summed E-state index contributed by atoms with van der Waals surface area (Å²) in [6, 6.07) is 2.69. The van der Waals surface area contributed by atoms with E-state index in [1.165, 1.54) is 6.92 Å². The van der Waals surface area contributed by atoms with E-state index in [-0.39, 0.29) is 11.5 Å². The third kappa shape index (κ3) is 3.80. The Bertz CT molecular complexity index is 585. The Labute approximate surface area is 120 Å². The summed E-state index contributed by atoms with van der Waals surface area (Å²) < 4.78 is 31.9. The van der Waals surface area contributed by atoms with E-state index in [1.54, 1.807) is 32.9 Å². The molecule has 0 saturated heterocycles. The lowest BCUT2D eigenvalue weighted by Crippen LogP contribution is -2.40. The summed E-state index contributed by atoms with van der Waals surface area (Å²) in [6.45, 7) is 8.74. The largest absolute Gasteiger partial charge is 0.465 e. The predicted molar refractivity (Wildman–Crippen MR) is 77.1 cm³/mol. The van der Waals surface area contributed by atoms with Crippen molar-refractivity contribution < 1.29 is 17.9 Å². The summed E-state index contributed by atoms with van der Waals surface area (Å²) in [5.41, 5.74) is 2.31. The molecule has 0 bridgehead atoms. The number of hydrogen-bond acceptors (Lipinski definition) is 4. The van der Waals surface area contributed by atoms with E-state index >= 15 is 0 Å². The Hall–Kier alpha value is -1.40. The van der Waals surface area contributed by atoms with Crippen LogP contribution >= 0.6 is 0 Å². The summed E-state index contributed by atoms with van der Waals surface area (Å²) in [4.78, 5) is 11.7. The zero-order valence-electron chi connectivity index (χ0n) is 12.5. The highest BCUT2D eigenvalue weighted by Crippen LogP contribution is 2.21. The maximum Gasteiger partial charge on any atom is 0.323 e. The summed E-state index contributed by atoms with van der Waals surface area (Å²) in [6.07, 6.45) is 0. The van der Waals surface area contributed by atoms with E-state index < -0.39 is 22.0 Å². The van der Waals surface area contributed by atoms with Gasteiger partial charge in [-0.15, -0.1) is 0 Å². The number of benzene rings is 1. The predicted octanol–water partition coefficient (Wildman–Crippen LogP) is 1.84. The second-order valence-corrected chi connectivity index (χ2v) is 6.47. The van der Waals surface area contributed by atoms with Crippen molar-refractivity contribution >= 4 is 16.0 Å². The van der Waals surface area contributed by atoms with Crippen molar-refractivity contribution in [1.82, 2.24) is 4.72 Å². The third-order valence-electron chi connectivity index (χ3n) is 2.85. The molecule has 0 fully saturated rings. The fraction of sp³-hybridized carbons (Fsp3) is 0.500. The van der Waals surface area contributed by atoms with E-state index in [0.717, 1.165) is 5.56 Å². The molecule has 0 aromatic heterocycles. The Kier molecular flexibility index (Phi) is 5.30. The van der Waals surface area contributed by atoms with Crippen LogP contribution in [0.1, 0.15) is 30.5 Å². The van der Waals surface area contributed by atoms with Gasteiger partial charge in [0.15, 0.2) is 0 Å². The lowest BCUT2D eigenvalue weighted by molar-refractivity contribution is -0.144. The molecule has 1 N–H and O–H groups in total. The molecule has 0 radical (unpaired) electrons. The molecule has 0 amide bonds. The molecule has 1 unspecified atom stereocenters. The first-order chi connectivity index (χ1) is 9.19. The van der Waals surface area contributed by atoms with Crippen molar-refractivity contribution in [3.8, 4) is 0 Å². The van der Waals surface area contributed by atoms with Gasteiger partial charge in [0.25, 0.3) is 0 Å². The molecule has 0 aliphatic carbocycles. The maximum absolute atomic E-state index is 12.4. The molecule has 1 atom stereocenters. The number of sulfonamides is 1. The average molecular weight is 299 g/mol. The highest BCUT2D eigenvalue weighted by Gasteiger charge is 2.25. The number of carbonyl (C=O) groups excluding carboxylic acids is 1. The molecule has 1 aromatic rings. The van der Waals surface area contributed by atoms with Crippen molar-refractivity contribution in [2.45, 2.75) is 45.6 Å². The average Bonchev–Trinajstić information content (AvgIpc) is 2.26. The zero-order chi connectivity index (χ0) is 15.5. The van der Waals surface area contributed by atoms with Crippen LogP contribution in [0.2, 0.25) is 0 Å².